The van der Waals surface area contributed by atoms with Gasteiger partial charge in [0.15, 0.2) is 0 Å². The molecule has 0 aliphatic carbocycles. The molecule has 1 fully saturated rings. The van der Waals surface area contributed by atoms with Gasteiger partial charge in [0.1, 0.15) is 18.2 Å². The van der Waals surface area contributed by atoms with Crippen molar-refractivity contribution in [2.45, 2.75) is 45.3 Å². The van der Waals surface area contributed by atoms with E-state index < -0.39 is 23.7 Å². The second-order valence-electron chi connectivity index (χ2n) is 6.34. The third-order valence-electron chi connectivity index (χ3n) is 3.16. The van der Waals surface area contributed by atoms with Crippen LogP contribution in [0.5, 0.6) is 0 Å². The molecule has 24 heavy (non-hydrogen) atoms. The lowest BCUT2D eigenvalue weighted by molar-refractivity contribution is -0.491. The average Bonchev–Trinajstić information content (AvgIpc) is 2.93. The molecule has 1 atom stereocenters. The lowest BCUT2D eigenvalue weighted by atomic mass is 10.2. The Kier molecular flexibility index (Phi) is 8.36. The fraction of sp³-hybridized carbons (Fsp3) is 0.857. The highest BCUT2D eigenvalue weighted by Crippen LogP contribution is 2.21. The standard InChI is InChI=1S/C14H27N3O7/c1-14(2,3)24-13(19)16-8-4-5-11(16)12(18)22-9-6-15-7-10-23-17(20)21/h11,15,20-21H,4-10H2,1-3H3. The van der Waals surface area contributed by atoms with E-state index in [4.69, 9.17) is 19.9 Å². The monoisotopic (exact) mass is 349 g/mol. The van der Waals surface area contributed by atoms with Crippen LogP contribution in [0.3, 0.4) is 0 Å². The molecule has 1 amide bonds. The molecule has 3 N–H and O–H groups in total. The molecule has 1 heterocycles. The van der Waals surface area contributed by atoms with Crippen LogP contribution in [0.25, 0.3) is 0 Å². The number of esters is 1. The van der Waals surface area contributed by atoms with E-state index in [2.05, 4.69) is 10.2 Å². The van der Waals surface area contributed by atoms with Crippen molar-refractivity contribution in [2.75, 3.05) is 32.8 Å². The van der Waals surface area contributed by atoms with Crippen LogP contribution in [0.2, 0.25) is 0 Å². The van der Waals surface area contributed by atoms with Crippen LogP contribution < -0.4 is 5.32 Å². The summed E-state index contributed by atoms with van der Waals surface area (Å²) in [6, 6.07) is -0.611. The predicted molar refractivity (Wildman–Crippen MR) is 81.2 cm³/mol. The van der Waals surface area contributed by atoms with Crippen LogP contribution in [0, 0.1) is 0 Å². The highest BCUT2D eigenvalue weighted by atomic mass is 17.1. The van der Waals surface area contributed by atoms with Crippen LogP contribution in [-0.2, 0) is 19.1 Å². The van der Waals surface area contributed by atoms with Gasteiger partial charge >= 0.3 is 12.1 Å². The summed E-state index contributed by atoms with van der Waals surface area (Å²) in [6.07, 6.45) is 0.782. The van der Waals surface area contributed by atoms with E-state index in [0.29, 0.717) is 26.1 Å². The average molecular weight is 349 g/mol. The number of nitrogens with one attached hydrogen (secondary N) is 1. The molecule has 1 rings (SSSR count). The Morgan fingerprint density at radius 1 is 1.25 bits per heavy atom. The molecule has 140 valence electrons. The van der Waals surface area contributed by atoms with Gasteiger partial charge in [-0.05, 0) is 33.6 Å². The number of carbonyl (C=O) groups excluding carboxylic acids is 2. The minimum atomic E-state index is -0.612. The third-order valence-corrected chi connectivity index (χ3v) is 3.16. The molecule has 0 bridgehead atoms. The van der Waals surface area contributed by atoms with E-state index in [1.54, 1.807) is 20.8 Å². The van der Waals surface area contributed by atoms with Gasteiger partial charge in [-0.25, -0.2) is 14.4 Å². The van der Waals surface area contributed by atoms with E-state index in [0.717, 1.165) is 6.42 Å². The minimum absolute atomic E-state index is 0.0516. The minimum Gasteiger partial charge on any atom is -0.463 e. The van der Waals surface area contributed by atoms with Crippen molar-refractivity contribution < 1.29 is 34.3 Å². The second kappa shape index (κ2) is 9.74. The summed E-state index contributed by atoms with van der Waals surface area (Å²) in [5.41, 5.74) is -0.612. The van der Waals surface area contributed by atoms with Crippen LogP contribution >= 0.6 is 0 Å². The zero-order chi connectivity index (χ0) is 18.2. The molecule has 0 aromatic rings. The van der Waals surface area contributed by atoms with E-state index in [9.17, 15) is 9.59 Å². The van der Waals surface area contributed by atoms with Crippen LogP contribution in [0.1, 0.15) is 33.6 Å². The Hall–Kier alpha value is -1.46. The highest BCUT2D eigenvalue weighted by molar-refractivity contribution is 5.82. The summed E-state index contributed by atoms with van der Waals surface area (Å²) >= 11 is 0. The maximum absolute atomic E-state index is 12.1. The van der Waals surface area contributed by atoms with Gasteiger partial charge in [-0.1, -0.05) is 0 Å². The molecule has 1 aliphatic rings. The lowest BCUT2D eigenvalue weighted by Gasteiger charge is -2.27. The number of amides is 1. The first-order chi connectivity index (χ1) is 11.2. The summed E-state index contributed by atoms with van der Waals surface area (Å²) in [6.45, 7) is 6.72. The topological polar surface area (TPSA) is 121 Å². The van der Waals surface area contributed by atoms with Gasteiger partial charge in [-0.3, -0.25) is 15.3 Å². The van der Waals surface area contributed by atoms with E-state index in [-0.39, 0.29) is 18.6 Å². The van der Waals surface area contributed by atoms with Gasteiger partial charge in [-0.2, -0.15) is 0 Å². The molecule has 0 radical (unpaired) electrons. The van der Waals surface area contributed by atoms with Crippen molar-refractivity contribution in [3.05, 3.63) is 0 Å². The van der Waals surface area contributed by atoms with Crippen molar-refractivity contribution in [1.29, 1.82) is 0 Å². The molecule has 10 heteroatoms. The number of rotatable bonds is 8. The molecule has 1 unspecified atom stereocenters. The first-order valence-corrected chi connectivity index (χ1v) is 7.88. The number of nitrogens with zero attached hydrogens (tertiary/aromatic N) is 2. The summed E-state index contributed by atoms with van der Waals surface area (Å²) in [4.78, 5) is 30.0. The van der Waals surface area contributed by atoms with Crippen LogP contribution in [0.15, 0.2) is 0 Å². The van der Waals surface area contributed by atoms with E-state index >= 15 is 0 Å². The summed E-state index contributed by atoms with van der Waals surface area (Å²) in [5, 5.41) is 19.2. The summed E-state index contributed by atoms with van der Waals surface area (Å²) < 4.78 is 10.5. The normalized spacial score (nSPS) is 18.1. The zero-order valence-corrected chi connectivity index (χ0v) is 14.4. The van der Waals surface area contributed by atoms with Crippen molar-refractivity contribution in [2.24, 2.45) is 0 Å². The SMILES string of the molecule is CC(C)(C)OC(=O)N1CCCC1C(=O)OCCNCCON(O)O. The lowest BCUT2D eigenvalue weighted by Crippen LogP contribution is -2.44. The smallest absolute Gasteiger partial charge is 0.411 e. The largest absolute Gasteiger partial charge is 0.463 e. The van der Waals surface area contributed by atoms with Crippen molar-refractivity contribution >= 4 is 12.1 Å². The van der Waals surface area contributed by atoms with Crippen LogP contribution in [0.4, 0.5) is 4.79 Å². The maximum Gasteiger partial charge on any atom is 0.411 e. The number of likely N-dealkylation sites (tertiary alicyclic amines) is 1. The Balaban J connectivity index is 2.27. The number of hydrogen-bond donors (Lipinski definition) is 3. The van der Waals surface area contributed by atoms with Gasteiger partial charge in [0.2, 0.25) is 0 Å². The predicted octanol–water partition coefficient (Wildman–Crippen LogP) is 0.531. The molecule has 0 aromatic heterocycles. The van der Waals surface area contributed by atoms with Crippen molar-refractivity contribution in [1.82, 2.24) is 15.6 Å². The molecule has 1 saturated heterocycles. The molecular formula is C14H27N3O7. The maximum atomic E-state index is 12.1. The number of ether oxygens (including phenoxy) is 2. The molecule has 10 nitrogen and oxygen atoms in total. The van der Waals surface area contributed by atoms with Crippen LogP contribution in [-0.4, -0.2) is 77.3 Å². The molecule has 0 aromatic carbocycles. The van der Waals surface area contributed by atoms with Gasteiger partial charge in [0, 0.05) is 19.6 Å². The number of hydrogen-bond acceptors (Lipinski definition) is 9. The Morgan fingerprint density at radius 3 is 2.54 bits per heavy atom. The Morgan fingerprint density at radius 2 is 1.92 bits per heavy atom. The molecule has 1 aliphatic heterocycles. The van der Waals surface area contributed by atoms with Gasteiger partial charge in [0.05, 0.1) is 12.0 Å². The zero-order valence-electron chi connectivity index (χ0n) is 14.4. The Labute approximate surface area is 141 Å². The van der Waals surface area contributed by atoms with Gasteiger partial charge in [-0.15, -0.1) is 0 Å². The molecular weight excluding hydrogens is 322 g/mol. The fourth-order valence-electron chi connectivity index (χ4n) is 2.20. The van der Waals surface area contributed by atoms with Gasteiger partial charge in [0.25, 0.3) is 0 Å². The summed E-state index contributed by atoms with van der Waals surface area (Å²) in [5.74, 6) is -0.451. The second-order valence-corrected chi connectivity index (χ2v) is 6.34. The summed E-state index contributed by atoms with van der Waals surface area (Å²) in [7, 11) is 0. The number of carbonyl (C=O) groups is 2. The van der Waals surface area contributed by atoms with Crippen molar-refractivity contribution in [3.63, 3.8) is 0 Å². The molecule has 0 saturated carbocycles. The Bertz CT molecular complexity index is 412. The van der Waals surface area contributed by atoms with E-state index in [1.165, 1.54) is 4.90 Å². The quantitative estimate of drug-likeness (QED) is 0.327. The highest BCUT2D eigenvalue weighted by Gasteiger charge is 2.37. The van der Waals surface area contributed by atoms with Gasteiger partial charge < -0.3 is 14.8 Å². The van der Waals surface area contributed by atoms with Crippen molar-refractivity contribution in [3.8, 4) is 0 Å². The first-order valence-electron chi connectivity index (χ1n) is 7.88. The molecule has 0 spiro atoms. The first kappa shape index (κ1) is 20.6. The van der Waals surface area contributed by atoms with E-state index in [1.807, 2.05) is 0 Å². The third kappa shape index (κ3) is 7.88. The fourth-order valence-corrected chi connectivity index (χ4v) is 2.20.